The number of para-hydroxylation sites is 2. The van der Waals surface area contributed by atoms with Gasteiger partial charge >= 0.3 is 0 Å². The van der Waals surface area contributed by atoms with Gasteiger partial charge in [-0.2, -0.15) is 0 Å². The summed E-state index contributed by atoms with van der Waals surface area (Å²) in [7, 11) is 0. The average Bonchev–Trinajstić information content (AvgIpc) is 2.49. The van der Waals surface area contributed by atoms with Gasteiger partial charge in [0.15, 0.2) is 34.5 Å². The van der Waals surface area contributed by atoms with Gasteiger partial charge < -0.3 is 19.7 Å². The summed E-state index contributed by atoms with van der Waals surface area (Å²) in [4.78, 5) is 0. The monoisotopic (exact) mass is 428 g/mol. The minimum absolute atomic E-state index is 0.151. The quantitative estimate of drug-likeness (QED) is 0.428. The molecule has 0 bridgehead atoms. The second-order valence-electron chi connectivity index (χ2n) is 4.98. The summed E-state index contributed by atoms with van der Waals surface area (Å²) in [5.41, 5.74) is 0.560. The number of halogens is 2. The van der Waals surface area contributed by atoms with Crippen molar-refractivity contribution < 1.29 is 19.7 Å². The van der Waals surface area contributed by atoms with E-state index in [1.807, 2.05) is 12.1 Å². The predicted octanol–water partition coefficient (Wildman–Crippen LogP) is 5.43. The van der Waals surface area contributed by atoms with Crippen LogP contribution in [0.5, 0.6) is 34.5 Å². The van der Waals surface area contributed by atoms with Gasteiger partial charge in [0.05, 0.1) is 3.74 Å². The van der Waals surface area contributed by atoms with Crippen molar-refractivity contribution in [2.24, 2.45) is 0 Å². The van der Waals surface area contributed by atoms with E-state index in [0.29, 0.717) is 35.0 Å². The molecule has 116 valence electrons. The molecule has 3 rings (SSSR count). The molecule has 0 unspecified atom stereocenters. The van der Waals surface area contributed by atoms with E-state index in [4.69, 9.17) is 9.47 Å². The Hall–Kier alpha value is -1.40. The Morgan fingerprint density at radius 1 is 1.00 bits per heavy atom. The van der Waals surface area contributed by atoms with Crippen LogP contribution >= 0.6 is 31.9 Å². The van der Waals surface area contributed by atoms with Crippen LogP contribution in [0.15, 0.2) is 30.3 Å². The summed E-state index contributed by atoms with van der Waals surface area (Å²) in [5.74, 6) is 1.72. The highest BCUT2D eigenvalue weighted by atomic mass is 79.9. The highest BCUT2D eigenvalue weighted by molar-refractivity contribution is 9.24. The number of alkyl halides is 2. The van der Waals surface area contributed by atoms with Crippen molar-refractivity contribution in [3.05, 3.63) is 35.9 Å². The molecule has 22 heavy (non-hydrogen) atoms. The van der Waals surface area contributed by atoms with Gasteiger partial charge in [-0.25, -0.2) is 0 Å². The molecule has 2 aromatic carbocycles. The average molecular weight is 430 g/mol. The maximum atomic E-state index is 10.2. The lowest BCUT2D eigenvalue weighted by molar-refractivity contribution is 0.340. The van der Waals surface area contributed by atoms with E-state index in [0.717, 1.165) is 12.8 Å². The zero-order valence-corrected chi connectivity index (χ0v) is 14.7. The van der Waals surface area contributed by atoms with Gasteiger partial charge in [0.1, 0.15) is 0 Å². The number of ether oxygens (including phenoxy) is 2. The maximum Gasteiger partial charge on any atom is 0.177 e. The number of phenols is 2. The number of hydrogen-bond donors (Lipinski definition) is 2. The summed E-state index contributed by atoms with van der Waals surface area (Å²) in [5, 5.41) is 20.1. The number of phenolic OH excluding ortho intramolecular Hbond substituents is 2. The molecule has 0 saturated carbocycles. The Morgan fingerprint density at radius 3 is 2.36 bits per heavy atom. The van der Waals surface area contributed by atoms with E-state index in [-0.39, 0.29) is 15.2 Å². The van der Waals surface area contributed by atoms with E-state index >= 15 is 0 Å². The largest absolute Gasteiger partial charge is 0.504 e. The van der Waals surface area contributed by atoms with Crippen LogP contribution in [0.3, 0.4) is 0 Å². The van der Waals surface area contributed by atoms with Crippen molar-refractivity contribution >= 4 is 31.9 Å². The Bertz CT molecular complexity index is 701. The van der Waals surface area contributed by atoms with E-state index < -0.39 is 0 Å². The SMILES string of the molecule is Oc1cc2c(c(CCCC(Br)Br)c1O)Oc1ccccc1O2. The molecule has 0 saturated heterocycles. The molecule has 0 atom stereocenters. The van der Waals surface area contributed by atoms with E-state index in [1.54, 1.807) is 12.1 Å². The van der Waals surface area contributed by atoms with Gasteiger partial charge in [-0.1, -0.05) is 44.0 Å². The van der Waals surface area contributed by atoms with Gasteiger partial charge in [0.25, 0.3) is 0 Å². The minimum Gasteiger partial charge on any atom is -0.504 e. The van der Waals surface area contributed by atoms with E-state index in [1.165, 1.54) is 6.07 Å². The van der Waals surface area contributed by atoms with Gasteiger partial charge in [-0.05, 0) is 31.4 Å². The van der Waals surface area contributed by atoms with Crippen LogP contribution in [0.1, 0.15) is 18.4 Å². The molecular formula is C16H14Br2O4. The molecule has 6 heteroatoms. The lowest BCUT2D eigenvalue weighted by Crippen LogP contribution is -2.03. The molecule has 1 heterocycles. The van der Waals surface area contributed by atoms with Gasteiger partial charge in [0.2, 0.25) is 0 Å². The second-order valence-corrected chi connectivity index (χ2v) is 8.42. The van der Waals surface area contributed by atoms with Crippen LogP contribution in [0.25, 0.3) is 0 Å². The van der Waals surface area contributed by atoms with Crippen LogP contribution in [0.2, 0.25) is 0 Å². The first-order valence-electron chi connectivity index (χ1n) is 6.87. The molecule has 0 radical (unpaired) electrons. The fourth-order valence-electron chi connectivity index (χ4n) is 2.37. The molecule has 4 nitrogen and oxygen atoms in total. The molecule has 1 aliphatic rings. The minimum atomic E-state index is -0.203. The van der Waals surface area contributed by atoms with Crippen molar-refractivity contribution in [2.75, 3.05) is 0 Å². The lowest BCUT2D eigenvalue weighted by atomic mass is 10.0. The van der Waals surface area contributed by atoms with E-state index in [9.17, 15) is 10.2 Å². The van der Waals surface area contributed by atoms with Crippen molar-refractivity contribution in [2.45, 2.75) is 23.0 Å². The standard InChI is InChI=1S/C16H14Br2O4/c17-14(18)7-3-4-9-15(20)10(19)8-13-16(9)22-12-6-2-1-5-11(12)21-13/h1-2,5-6,8,14,19-20H,3-4,7H2. The molecule has 1 aliphatic heterocycles. The summed E-state index contributed by atoms with van der Waals surface area (Å²) in [6.07, 6.45) is 2.26. The number of benzene rings is 2. The fraction of sp³-hybridized carbons (Fsp3) is 0.250. The zero-order chi connectivity index (χ0) is 15.7. The zero-order valence-electron chi connectivity index (χ0n) is 11.6. The third kappa shape index (κ3) is 3.03. The van der Waals surface area contributed by atoms with Crippen LogP contribution in [0.4, 0.5) is 0 Å². The fourth-order valence-corrected chi connectivity index (χ4v) is 3.02. The number of aromatic hydroxyl groups is 2. The molecule has 0 spiro atoms. The summed E-state index contributed by atoms with van der Waals surface area (Å²) >= 11 is 6.85. The van der Waals surface area contributed by atoms with Crippen molar-refractivity contribution in [1.82, 2.24) is 0 Å². The molecule has 0 amide bonds. The topological polar surface area (TPSA) is 58.9 Å². The van der Waals surface area contributed by atoms with E-state index in [2.05, 4.69) is 31.9 Å². The van der Waals surface area contributed by atoms with Crippen molar-refractivity contribution in [1.29, 1.82) is 0 Å². The first kappa shape index (κ1) is 15.5. The highest BCUT2D eigenvalue weighted by Crippen LogP contribution is 2.52. The van der Waals surface area contributed by atoms with Crippen molar-refractivity contribution in [3.63, 3.8) is 0 Å². The summed E-state index contributed by atoms with van der Waals surface area (Å²) in [6, 6.07) is 8.68. The Balaban J connectivity index is 1.95. The number of rotatable bonds is 4. The van der Waals surface area contributed by atoms with Gasteiger partial charge in [-0.15, -0.1) is 0 Å². The van der Waals surface area contributed by atoms with Crippen molar-refractivity contribution in [3.8, 4) is 34.5 Å². The smallest absolute Gasteiger partial charge is 0.177 e. The van der Waals surface area contributed by atoms with Crippen LogP contribution < -0.4 is 9.47 Å². The van der Waals surface area contributed by atoms with Crippen LogP contribution in [0, 0.1) is 0 Å². The van der Waals surface area contributed by atoms with Crippen LogP contribution in [-0.4, -0.2) is 13.9 Å². The summed E-state index contributed by atoms with van der Waals surface area (Å²) in [6.45, 7) is 0. The Morgan fingerprint density at radius 2 is 1.68 bits per heavy atom. The van der Waals surface area contributed by atoms with Gasteiger partial charge in [0, 0.05) is 11.6 Å². The third-order valence-electron chi connectivity index (χ3n) is 3.42. The second kappa shape index (κ2) is 6.38. The molecule has 0 aromatic heterocycles. The number of hydrogen-bond acceptors (Lipinski definition) is 4. The Labute approximate surface area is 144 Å². The molecule has 2 aromatic rings. The molecular weight excluding hydrogens is 416 g/mol. The first-order valence-corrected chi connectivity index (χ1v) is 8.70. The molecule has 2 N–H and O–H groups in total. The number of fused-ring (bicyclic) bond motifs is 2. The lowest BCUT2D eigenvalue weighted by Gasteiger charge is -2.23. The molecule has 0 aliphatic carbocycles. The normalized spacial score (nSPS) is 12.3. The first-order chi connectivity index (χ1) is 10.6. The maximum absolute atomic E-state index is 10.2. The molecule has 0 fully saturated rings. The summed E-state index contributed by atoms with van der Waals surface area (Å²) < 4.78 is 11.9. The van der Waals surface area contributed by atoms with Gasteiger partial charge in [-0.3, -0.25) is 0 Å². The van der Waals surface area contributed by atoms with Crippen LogP contribution in [-0.2, 0) is 6.42 Å². The predicted molar refractivity (Wildman–Crippen MR) is 90.9 cm³/mol. The Kier molecular flexibility index (Phi) is 4.49. The highest BCUT2D eigenvalue weighted by Gasteiger charge is 2.26. The third-order valence-corrected chi connectivity index (χ3v) is 4.34.